The molecule has 0 spiro atoms. The monoisotopic (exact) mass is 221 g/mol. The van der Waals surface area contributed by atoms with Crippen LogP contribution in [-0.2, 0) is 0 Å². The molecule has 3 nitrogen and oxygen atoms in total. The quantitative estimate of drug-likeness (QED) is 0.387. The third-order valence-electron chi connectivity index (χ3n) is 2.37. The molecular formula is C7H12BrNO2. The van der Waals surface area contributed by atoms with Crippen LogP contribution in [0.1, 0.15) is 26.2 Å². The third kappa shape index (κ3) is 2.15. The fraction of sp³-hybridized carbons (Fsp3) is 1.00. The van der Waals surface area contributed by atoms with Gasteiger partial charge >= 0.3 is 0 Å². The Bertz CT molecular complexity index is 163. The molecule has 64 valence electrons. The summed E-state index contributed by atoms with van der Waals surface area (Å²) >= 11 is 3.46. The minimum Gasteiger partial charge on any atom is -0.264 e. The third-order valence-corrected chi connectivity index (χ3v) is 3.64. The molecule has 1 fully saturated rings. The van der Waals surface area contributed by atoms with Crippen LogP contribution in [0.4, 0.5) is 0 Å². The Morgan fingerprint density at radius 2 is 2.18 bits per heavy atom. The normalized spacial score (nSPS) is 38.5. The molecule has 0 amide bonds. The first-order valence-corrected chi connectivity index (χ1v) is 4.80. The van der Waals surface area contributed by atoms with Crippen molar-refractivity contribution in [2.24, 2.45) is 5.92 Å². The smallest absolute Gasteiger partial charge is 0.214 e. The molecule has 1 saturated carbocycles. The van der Waals surface area contributed by atoms with Crippen LogP contribution in [-0.4, -0.2) is 15.8 Å². The number of hydrogen-bond acceptors (Lipinski definition) is 2. The van der Waals surface area contributed by atoms with Gasteiger partial charge in [0, 0.05) is 22.6 Å². The van der Waals surface area contributed by atoms with E-state index in [1.165, 1.54) is 0 Å². The van der Waals surface area contributed by atoms with Crippen molar-refractivity contribution in [3.8, 4) is 0 Å². The average Bonchev–Trinajstić information content (AvgIpc) is 1.94. The molecule has 0 aromatic carbocycles. The van der Waals surface area contributed by atoms with E-state index in [2.05, 4.69) is 22.9 Å². The minimum atomic E-state index is -0.310. The van der Waals surface area contributed by atoms with Crippen molar-refractivity contribution >= 4 is 15.9 Å². The lowest BCUT2D eigenvalue weighted by atomic mass is 9.88. The van der Waals surface area contributed by atoms with E-state index in [-0.39, 0.29) is 11.0 Å². The van der Waals surface area contributed by atoms with Gasteiger partial charge in [-0.3, -0.25) is 10.1 Å². The van der Waals surface area contributed by atoms with Crippen LogP contribution >= 0.6 is 15.9 Å². The first kappa shape index (κ1) is 8.97. The highest BCUT2D eigenvalue weighted by Crippen LogP contribution is 2.30. The largest absolute Gasteiger partial charge is 0.264 e. The molecule has 4 heteroatoms. The van der Waals surface area contributed by atoms with Gasteiger partial charge in [0.05, 0.1) is 0 Å². The number of halogens is 1. The second-order valence-corrected chi connectivity index (χ2v) is 4.42. The molecule has 11 heavy (non-hydrogen) atoms. The molecule has 0 radical (unpaired) electrons. The SMILES string of the molecule is CC1CCC([N+](=O)[O-])CC1Br. The van der Waals surface area contributed by atoms with Crippen molar-refractivity contribution in [1.29, 1.82) is 0 Å². The van der Waals surface area contributed by atoms with Gasteiger partial charge in [0.1, 0.15) is 0 Å². The predicted molar refractivity (Wildman–Crippen MR) is 46.5 cm³/mol. The molecule has 1 aliphatic carbocycles. The predicted octanol–water partition coefficient (Wildman–Crippen LogP) is 2.22. The van der Waals surface area contributed by atoms with Crippen molar-refractivity contribution in [3.63, 3.8) is 0 Å². The minimum absolute atomic E-state index is 0.153. The number of nitrogens with zero attached hydrogens (tertiary/aromatic N) is 1. The van der Waals surface area contributed by atoms with Gasteiger partial charge in [0.15, 0.2) is 0 Å². The summed E-state index contributed by atoms with van der Waals surface area (Å²) < 4.78 is 0. The van der Waals surface area contributed by atoms with E-state index < -0.39 is 0 Å². The maximum absolute atomic E-state index is 10.4. The summed E-state index contributed by atoms with van der Waals surface area (Å²) in [5.74, 6) is 0.589. The second-order valence-electron chi connectivity index (χ2n) is 3.25. The van der Waals surface area contributed by atoms with Crippen molar-refractivity contribution in [2.75, 3.05) is 0 Å². The topological polar surface area (TPSA) is 43.1 Å². The lowest BCUT2D eigenvalue weighted by Gasteiger charge is -2.25. The van der Waals surface area contributed by atoms with Gasteiger partial charge in [-0.25, -0.2) is 0 Å². The lowest BCUT2D eigenvalue weighted by molar-refractivity contribution is -0.526. The standard InChI is InChI=1S/C7H12BrNO2/c1-5-2-3-6(9(10)11)4-7(5)8/h5-7H,2-4H2,1H3. The van der Waals surface area contributed by atoms with Crippen LogP contribution in [0, 0.1) is 16.0 Å². The van der Waals surface area contributed by atoms with E-state index in [4.69, 9.17) is 0 Å². The van der Waals surface area contributed by atoms with Crippen molar-refractivity contribution in [2.45, 2.75) is 37.1 Å². The van der Waals surface area contributed by atoms with Crippen LogP contribution in [0.3, 0.4) is 0 Å². The van der Waals surface area contributed by atoms with Crippen LogP contribution in [0.25, 0.3) is 0 Å². The van der Waals surface area contributed by atoms with Gasteiger partial charge in [0.2, 0.25) is 6.04 Å². The van der Waals surface area contributed by atoms with E-state index in [0.29, 0.717) is 17.2 Å². The molecule has 0 heterocycles. The van der Waals surface area contributed by atoms with Gasteiger partial charge in [-0.05, 0) is 12.3 Å². The van der Waals surface area contributed by atoms with Crippen LogP contribution < -0.4 is 0 Å². The molecule has 0 aromatic heterocycles. The van der Waals surface area contributed by atoms with Gasteiger partial charge in [-0.2, -0.15) is 0 Å². The summed E-state index contributed by atoms with van der Waals surface area (Å²) in [5.41, 5.74) is 0. The molecule has 3 unspecified atom stereocenters. The summed E-state index contributed by atoms with van der Waals surface area (Å²) in [7, 11) is 0. The van der Waals surface area contributed by atoms with Gasteiger partial charge in [0.25, 0.3) is 0 Å². The molecular weight excluding hydrogens is 210 g/mol. The number of alkyl halides is 1. The fourth-order valence-electron chi connectivity index (χ4n) is 1.44. The Morgan fingerprint density at radius 1 is 1.55 bits per heavy atom. The van der Waals surface area contributed by atoms with E-state index in [1.807, 2.05) is 0 Å². The van der Waals surface area contributed by atoms with Gasteiger partial charge in [-0.1, -0.05) is 22.9 Å². The van der Waals surface area contributed by atoms with E-state index >= 15 is 0 Å². The zero-order valence-corrected chi connectivity index (χ0v) is 8.08. The molecule has 1 rings (SSSR count). The summed E-state index contributed by atoms with van der Waals surface area (Å²) in [6.45, 7) is 2.13. The molecule has 0 aromatic rings. The van der Waals surface area contributed by atoms with Gasteiger partial charge < -0.3 is 0 Å². The summed E-state index contributed by atoms with van der Waals surface area (Å²) in [6.07, 6.45) is 2.41. The Kier molecular flexibility index (Phi) is 2.87. The molecule has 0 N–H and O–H groups in total. The number of hydrogen-bond donors (Lipinski definition) is 0. The maximum Gasteiger partial charge on any atom is 0.214 e. The fourth-order valence-corrected chi connectivity index (χ4v) is 2.13. The molecule has 0 bridgehead atoms. The summed E-state index contributed by atoms with van der Waals surface area (Å²) in [4.78, 5) is 10.6. The number of nitro groups is 1. The Labute approximate surface area is 74.4 Å². The zero-order valence-electron chi connectivity index (χ0n) is 6.50. The molecule has 0 aliphatic heterocycles. The highest BCUT2D eigenvalue weighted by atomic mass is 79.9. The Morgan fingerprint density at radius 3 is 2.64 bits per heavy atom. The van der Waals surface area contributed by atoms with Crippen molar-refractivity contribution in [3.05, 3.63) is 10.1 Å². The van der Waals surface area contributed by atoms with Gasteiger partial charge in [-0.15, -0.1) is 0 Å². The number of rotatable bonds is 1. The Balaban J connectivity index is 2.46. The summed E-state index contributed by atoms with van der Waals surface area (Å²) in [6, 6.07) is -0.310. The average molecular weight is 222 g/mol. The first-order valence-electron chi connectivity index (χ1n) is 3.89. The highest BCUT2D eigenvalue weighted by Gasteiger charge is 2.32. The van der Waals surface area contributed by atoms with Crippen LogP contribution in [0.2, 0.25) is 0 Å². The molecule has 1 aliphatic rings. The van der Waals surface area contributed by atoms with Crippen molar-refractivity contribution in [1.82, 2.24) is 0 Å². The highest BCUT2D eigenvalue weighted by molar-refractivity contribution is 9.09. The summed E-state index contributed by atoms with van der Waals surface area (Å²) in [5, 5.41) is 10.4. The van der Waals surface area contributed by atoms with Crippen LogP contribution in [0.15, 0.2) is 0 Å². The molecule has 3 atom stereocenters. The molecule has 0 saturated heterocycles. The Hall–Kier alpha value is -0.120. The first-order chi connectivity index (χ1) is 5.11. The maximum atomic E-state index is 10.4. The van der Waals surface area contributed by atoms with Crippen LogP contribution in [0.5, 0.6) is 0 Å². The van der Waals surface area contributed by atoms with Crippen molar-refractivity contribution < 1.29 is 4.92 Å². The van der Waals surface area contributed by atoms with E-state index in [0.717, 1.165) is 12.8 Å². The zero-order chi connectivity index (χ0) is 8.43. The lowest BCUT2D eigenvalue weighted by Crippen LogP contribution is -2.31. The van der Waals surface area contributed by atoms with E-state index in [1.54, 1.807) is 0 Å². The van der Waals surface area contributed by atoms with E-state index in [9.17, 15) is 10.1 Å². The second kappa shape index (κ2) is 3.52.